The molecule has 0 aliphatic carbocycles. The largest absolute Gasteiger partial charge is 0.349 e. The number of nitrogens with one attached hydrogen (secondary N) is 1. The van der Waals surface area contributed by atoms with E-state index >= 15 is 0 Å². The van der Waals surface area contributed by atoms with E-state index in [0.717, 1.165) is 24.2 Å². The second-order valence-corrected chi connectivity index (χ2v) is 4.10. The Hall–Kier alpha value is -1.32. The van der Waals surface area contributed by atoms with Gasteiger partial charge in [0.1, 0.15) is 5.69 Å². The molecule has 76 valence electrons. The minimum Gasteiger partial charge on any atom is -0.349 e. The molecule has 1 aliphatic rings. The molecule has 2 rings (SSSR count). The van der Waals surface area contributed by atoms with Gasteiger partial charge in [0.2, 0.25) is 0 Å². The Bertz CT molecular complexity index is 354. The Morgan fingerprint density at radius 3 is 3.14 bits per heavy atom. The van der Waals surface area contributed by atoms with Crippen molar-refractivity contribution in [3.8, 4) is 0 Å². The zero-order chi connectivity index (χ0) is 10.1. The second-order valence-electron chi connectivity index (χ2n) is 4.10. The Kier molecular flexibility index (Phi) is 2.27. The highest BCUT2D eigenvalue weighted by atomic mass is 16.2. The third kappa shape index (κ3) is 1.52. The van der Waals surface area contributed by atoms with Crippen molar-refractivity contribution in [1.82, 2.24) is 15.1 Å². The van der Waals surface area contributed by atoms with E-state index in [1.807, 2.05) is 6.20 Å². The van der Waals surface area contributed by atoms with E-state index in [1.54, 1.807) is 4.68 Å². The van der Waals surface area contributed by atoms with E-state index < -0.39 is 0 Å². The Labute approximate surface area is 83.3 Å². The topological polar surface area (TPSA) is 46.9 Å². The van der Waals surface area contributed by atoms with Crippen molar-refractivity contribution in [2.24, 2.45) is 5.92 Å². The maximum Gasteiger partial charge on any atom is 0.269 e. The lowest BCUT2D eigenvalue weighted by molar-refractivity contribution is 0.0923. The molecule has 1 aromatic rings. The SMILES string of the molecule is CC(C)Cc1cnn2c1C(=O)NCC2. The van der Waals surface area contributed by atoms with Crippen molar-refractivity contribution < 1.29 is 4.79 Å². The maximum atomic E-state index is 11.6. The number of hydrogen-bond donors (Lipinski definition) is 1. The number of fused-ring (bicyclic) bond motifs is 1. The van der Waals surface area contributed by atoms with E-state index in [4.69, 9.17) is 0 Å². The van der Waals surface area contributed by atoms with Gasteiger partial charge < -0.3 is 5.32 Å². The lowest BCUT2D eigenvalue weighted by Gasteiger charge is -2.15. The van der Waals surface area contributed by atoms with Crippen LogP contribution in [0.4, 0.5) is 0 Å². The van der Waals surface area contributed by atoms with Gasteiger partial charge in [0.25, 0.3) is 5.91 Å². The molecule has 0 atom stereocenters. The molecule has 4 nitrogen and oxygen atoms in total. The van der Waals surface area contributed by atoms with Gasteiger partial charge in [-0.25, -0.2) is 0 Å². The van der Waals surface area contributed by atoms with Crippen molar-refractivity contribution >= 4 is 5.91 Å². The third-order valence-electron chi connectivity index (χ3n) is 2.37. The van der Waals surface area contributed by atoms with Gasteiger partial charge in [0.05, 0.1) is 12.7 Å². The fourth-order valence-electron chi connectivity index (χ4n) is 1.80. The Balaban J connectivity index is 2.33. The van der Waals surface area contributed by atoms with Gasteiger partial charge in [-0.05, 0) is 12.3 Å². The summed E-state index contributed by atoms with van der Waals surface area (Å²) in [6.07, 6.45) is 2.74. The van der Waals surface area contributed by atoms with Crippen LogP contribution in [0.25, 0.3) is 0 Å². The predicted molar refractivity (Wildman–Crippen MR) is 53.1 cm³/mol. The van der Waals surface area contributed by atoms with Crippen LogP contribution in [0.15, 0.2) is 6.20 Å². The van der Waals surface area contributed by atoms with E-state index in [-0.39, 0.29) is 5.91 Å². The lowest BCUT2D eigenvalue weighted by atomic mass is 10.0. The molecule has 0 fully saturated rings. The van der Waals surface area contributed by atoms with E-state index in [9.17, 15) is 4.79 Å². The maximum absolute atomic E-state index is 11.6. The standard InChI is InChI=1S/C10H15N3O/c1-7(2)5-8-6-12-13-4-3-11-10(14)9(8)13/h6-7H,3-5H2,1-2H3,(H,11,14). The highest BCUT2D eigenvalue weighted by Crippen LogP contribution is 2.15. The first-order chi connectivity index (χ1) is 6.68. The highest BCUT2D eigenvalue weighted by Gasteiger charge is 2.21. The molecule has 1 N–H and O–H groups in total. The van der Waals surface area contributed by atoms with Crippen molar-refractivity contribution in [2.45, 2.75) is 26.8 Å². The summed E-state index contributed by atoms with van der Waals surface area (Å²) in [7, 11) is 0. The van der Waals surface area contributed by atoms with Crippen LogP contribution in [0.5, 0.6) is 0 Å². The van der Waals surface area contributed by atoms with Crippen molar-refractivity contribution in [1.29, 1.82) is 0 Å². The summed E-state index contributed by atoms with van der Waals surface area (Å²) in [6, 6.07) is 0. The van der Waals surface area contributed by atoms with Crippen LogP contribution >= 0.6 is 0 Å². The summed E-state index contributed by atoms with van der Waals surface area (Å²) >= 11 is 0. The molecule has 0 saturated carbocycles. The summed E-state index contributed by atoms with van der Waals surface area (Å²) in [5.74, 6) is 0.572. The molecule has 0 saturated heterocycles. The number of rotatable bonds is 2. The van der Waals surface area contributed by atoms with Gasteiger partial charge >= 0.3 is 0 Å². The smallest absolute Gasteiger partial charge is 0.269 e. The van der Waals surface area contributed by atoms with Crippen LogP contribution in [-0.2, 0) is 13.0 Å². The molecular weight excluding hydrogens is 178 g/mol. The Morgan fingerprint density at radius 1 is 1.64 bits per heavy atom. The zero-order valence-corrected chi connectivity index (χ0v) is 8.58. The molecule has 2 heterocycles. The minimum absolute atomic E-state index is 0.0180. The number of hydrogen-bond acceptors (Lipinski definition) is 2. The second kappa shape index (κ2) is 3.44. The average molecular weight is 193 g/mol. The molecule has 0 spiro atoms. The molecule has 0 aromatic carbocycles. The average Bonchev–Trinajstić information content (AvgIpc) is 2.49. The van der Waals surface area contributed by atoms with Gasteiger partial charge in [-0.1, -0.05) is 13.8 Å². The van der Waals surface area contributed by atoms with Gasteiger partial charge in [0.15, 0.2) is 0 Å². The summed E-state index contributed by atoms with van der Waals surface area (Å²) in [5.41, 5.74) is 1.82. The molecule has 0 unspecified atom stereocenters. The number of carbonyl (C=O) groups is 1. The number of carbonyl (C=O) groups excluding carboxylic acids is 1. The van der Waals surface area contributed by atoms with Gasteiger partial charge in [-0.3, -0.25) is 9.48 Å². The molecule has 0 bridgehead atoms. The number of aromatic nitrogens is 2. The third-order valence-corrected chi connectivity index (χ3v) is 2.37. The summed E-state index contributed by atoms with van der Waals surface area (Å²) in [5, 5.41) is 7.05. The first kappa shape index (κ1) is 9.24. The number of nitrogens with zero attached hydrogens (tertiary/aromatic N) is 2. The summed E-state index contributed by atoms with van der Waals surface area (Å²) < 4.78 is 1.80. The van der Waals surface area contributed by atoms with Crippen LogP contribution in [0.3, 0.4) is 0 Å². The fourth-order valence-corrected chi connectivity index (χ4v) is 1.80. The highest BCUT2D eigenvalue weighted by molar-refractivity contribution is 5.94. The lowest BCUT2D eigenvalue weighted by Crippen LogP contribution is -2.36. The van der Waals surface area contributed by atoms with Crippen LogP contribution in [0.1, 0.15) is 29.9 Å². The Morgan fingerprint density at radius 2 is 2.43 bits per heavy atom. The van der Waals surface area contributed by atoms with Gasteiger partial charge in [0, 0.05) is 12.1 Å². The molecule has 0 radical (unpaired) electrons. The molecule has 1 aromatic heterocycles. The van der Waals surface area contributed by atoms with Crippen LogP contribution in [0, 0.1) is 5.92 Å². The molecule has 14 heavy (non-hydrogen) atoms. The first-order valence-electron chi connectivity index (χ1n) is 5.01. The van der Waals surface area contributed by atoms with E-state index in [0.29, 0.717) is 12.5 Å². The normalized spacial score (nSPS) is 15.5. The summed E-state index contributed by atoms with van der Waals surface area (Å²) in [6.45, 7) is 5.77. The molecule has 4 heteroatoms. The first-order valence-corrected chi connectivity index (χ1v) is 5.01. The monoisotopic (exact) mass is 193 g/mol. The molecule has 1 aliphatic heterocycles. The van der Waals surface area contributed by atoms with Crippen LogP contribution < -0.4 is 5.32 Å². The van der Waals surface area contributed by atoms with Crippen molar-refractivity contribution in [3.63, 3.8) is 0 Å². The fraction of sp³-hybridized carbons (Fsp3) is 0.600. The van der Waals surface area contributed by atoms with E-state index in [1.165, 1.54) is 0 Å². The van der Waals surface area contributed by atoms with Crippen molar-refractivity contribution in [3.05, 3.63) is 17.5 Å². The van der Waals surface area contributed by atoms with Gasteiger partial charge in [-0.2, -0.15) is 5.10 Å². The molecule has 1 amide bonds. The van der Waals surface area contributed by atoms with Crippen LogP contribution in [0.2, 0.25) is 0 Å². The number of amides is 1. The van der Waals surface area contributed by atoms with Crippen molar-refractivity contribution in [2.75, 3.05) is 6.54 Å². The van der Waals surface area contributed by atoms with Gasteiger partial charge in [-0.15, -0.1) is 0 Å². The predicted octanol–water partition coefficient (Wildman–Crippen LogP) is 0.825. The summed E-state index contributed by atoms with van der Waals surface area (Å²) in [4.78, 5) is 11.6. The zero-order valence-electron chi connectivity index (χ0n) is 8.58. The van der Waals surface area contributed by atoms with E-state index in [2.05, 4.69) is 24.3 Å². The molecular formula is C10H15N3O. The van der Waals surface area contributed by atoms with Crippen LogP contribution in [-0.4, -0.2) is 22.2 Å². The minimum atomic E-state index is 0.0180. The quantitative estimate of drug-likeness (QED) is 0.756.